The number of hydrogen-bond donors (Lipinski definition) is 2. The van der Waals surface area contributed by atoms with Crippen molar-refractivity contribution in [2.75, 3.05) is 11.1 Å². The molecule has 130 valence electrons. The van der Waals surface area contributed by atoms with Crippen molar-refractivity contribution in [2.45, 2.75) is 13.3 Å². The van der Waals surface area contributed by atoms with E-state index in [1.165, 1.54) is 6.07 Å². The van der Waals surface area contributed by atoms with E-state index in [9.17, 15) is 13.6 Å². The number of rotatable bonds is 3. The summed E-state index contributed by atoms with van der Waals surface area (Å²) >= 11 is 13.0. The predicted octanol–water partition coefficient (Wildman–Crippen LogP) is 5.68. The van der Waals surface area contributed by atoms with Crippen LogP contribution in [0.25, 0.3) is 10.2 Å². The van der Waals surface area contributed by atoms with Crippen LogP contribution in [0.5, 0.6) is 0 Å². The fraction of sp³-hybridized carbons (Fsp3) is 0.125. The second-order valence-electron chi connectivity index (χ2n) is 5.24. The minimum Gasteiger partial charge on any atom is -0.397 e. The summed E-state index contributed by atoms with van der Waals surface area (Å²) in [5.74, 6) is -0.534. The van der Waals surface area contributed by atoms with Crippen LogP contribution in [0.3, 0.4) is 0 Å². The highest BCUT2D eigenvalue weighted by molar-refractivity contribution is 7.21. The number of nitrogen functional groups attached to an aromatic ring is 1. The van der Waals surface area contributed by atoms with Gasteiger partial charge in [-0.2, -0.15) is 0 Å². The molecule has 0 aliphatic rings. The van der Waals surface area contributed by atoms with Crippen LogP contribution in [0.4, 0.5) is 20.2 Å². The molecular formula is C16H11Cl2F2N3OS. The molecule has 0 radical (unpaired) electrons. The number of para-hydroxylation sites is 1. The molecule has 0 saturated carbocycles. The maximum Gasteiger partial charge on any atom is 0.280 e. The molecule has 1 aromatic carbocycles. The normalized spacial score (nSPS) is 11.3. The maximum atomic E-state index is 12.9. The molecule has 0 saturated heterocycles. The number of halogens is 4. The Morgan fingerprint density at radius 1 is 1.32 bits per heavy atom. The van der Waals surface area contributed by atoms with Crippen LogP contribution in [-0.2, 0) is 0 Å². The third-order valence-electron chi connectivity index (χ3n) is 3.55. The molecule has 1 amide bonds. The number of carbonyl (C=O) groups is 1. The van der Waals surface area contributed by atoms with Crippen molar-refractivity contribution in [1.29, 1.82) is 0 Å². The highest BCUT2D eigenvalue weighted by Crippen LogP contribution is 2.38. The average Bonchev–Trinajstić information content (AvgIpc) is 2.88. The minimum atomic E-state index is -2.70. The summed E-state index contributed by atoms with van der Waals surface area (Å²) in [4.78, 5) is 16.9. The highest BCUT2D eigenvalue weighted by atomic mass is 35.5. The van der Waals surface area contributed by atoms with E-state index >= 15 is 0 Å². The van der Waals surface area contributed by atoms with E-state index in [1.807, 2.05) is 0 Å². The van der Waals surface area contributed by atoms with E-state index in [4.69, 9.17) is 28.9 Å². The number of anilines is 2. The number of hydrogen-bond acceptors (Lipinski definition) is 4. The fourth-order valence-electron chi connectivity index (χ4n) is 2.40. The van der Waals surface area contributed by atoms with Crippen LogP contribution < -0.4 is 11.1 Å². The second-order valence-corrected chi connectivity index (χ2v) is 7.05. The number of aromatic nitrogens is 1. The van der Waals surface area contributed by atoms with Gasteiger partial charge in [0, 0.05) is 5.39 Å². The number of nitrogens with two attached hydrogens (primary N) is 1. The van der Waals surface area contributed by atoms with Crippen LogP contribution in [0, 0.1) is 6.92 Å². The zero-order valence-corrected chi connectivity index (χ0v) is 15.1. The topological polar surface area (TPSA) is 68.0 Å². The minimum absolute atomic E-state index is 0.160. The molecule has 0 aliphatic carbocycles. The number of thiophene rings is 1. The Morgan fingerprint density at radius 2 is 1.96 bits per heavy atom. The first-order valence-electron chi connectivity index (χ1n) is 7.02. The Bertz CT molecular complexity index is 971. The molecule has 0 unspecified atom stereocenters. The quantitative estimate of drug-likeness (QED) is 0.592. The van der Waals surface area contributed by atoms with Gasteiger partial charge in [0.15, 0.2) is 0 Å². The van der Waals surface area contributed by atoms with Gasteiger partial charge >= 0.3 is 0 Å². The average molecular weight is 402 g/mol. The zero-order chi connectivity index (χ0) is 18.3. The Labute approximate surface area is 155 Å². The zero-order valence-electron chi connectivity index (χ0n) is 12.7. The number of aryl methyl sites for hydroxylation is 1. The smallest absolute Gasteiger partial charge is 0.280 e. The van der Waals surface area contributed by atoms with Crippen LogP contribution in [0.2, 0.25) is 10.0 Å². The van der Waals surface area contributed by atoms with E-state index < -0.39 is 12.3 Å². The summed E-state index contributed by atoms with van der Waals surface area (Å²) in [6.45, 7) is 1.64. The molecule has 0 fully saturated rings. The van der Waals surface area contributed by atoms with Gasteiger partial charge in [-0.3, -0.25) is 4.79 Å². The van der Waals surface area contributed by atoms with Crippen molar-refractivity contribution >= 4 is 62.0 Å². The van der Waals surface area contributed by atoms with Gasteiger partial charge in [-0.15, -0.1) is 11.3 Å². The van der Waals surface area contributed by atoms with Gasteiger partial charge in [-0.25, -0.2) is 13.8 Å². The van der Waals surface area contributed by atoms with Crippen molar-refractivity contribution in [1.82, 2.24) is 4.98 Å². The number of pyridine rings is 1. The molecular weight excluding hydrogens is 391 g/mol. The Balaban J connectivity index is 2.05. The lowest BCUT2D eigenvalue weighted by Crippen LogP contribution is -2.12. The summed E-state index contributed by atoms with van der Waals surface area (Å²) in [7, 11) is 0. The molecule has 2 aromatic heterocycles. The van der Waals surface area contributed by atoms with Crippen molar-refractivity contribution < 1.29 is 13.6 Å². The van der Waals surface area contributed by atoms with Crippen molar-refractivity contribution in [2.24, 2.45) is 0 Å². The second kappa shape index (κ2) is 6.74. The van der Waals surface area contributed by atoms with E-state index in [0.717, 1.165) is 11.3 Å². The van der Waals surface area contributed by atoms with Gasteiger partial charge in [-0.05, 0) is 30.7 Å². The number of benzene rings is 1. The molecule has 9 heteroatoms. The van der Waals surface area contributed by atoms with Crippen LogP contribution in [0.15, 0.2) is 24.3 Å². The number of alkyl halides is 2. The maximum absolute atomic E-state index is 12.9. The van der Waals surface area contributed by atoms with Gasteiger partial charge in [0.25, 0.3) is 12.3 Å². The predicted molar refractivity (Wildman–Crippen MR) is 98.1 cm³/mol. The van der Waals surface area contributed by atoms with Crippen molar-refractivity contribution in [3.8, 4) is 0 Å². The first-order valence-corrected chi connectivity index (χ1v) is 8.60. The first kappa shape index (κ1) is 17.8. The van der Waals surface area contributed by atoms with E-state index in [1.54, 1.807) is 25.1 Å². The number of carbonyl (C=O) groups excluding carboxylic acids is 1. The van der Waals surface area contributed by atoms with Gasteiger partial charge < -0.3 is 11.1 Å². The summed E-state index contributed by atoms with van der Waals surface area (Å²) in [6, 6.07) is 6.08. The van der Waals surface area contributed by atoms with Gasteiger partial charge in [0.1, 0.15) is 15.4 Å². The molecule has 4 nitrogen and oxygen atoms in total. The summed E-state index contributed by atoms with van der Waals surface area (Å²) in [6.07, 6.45) is -2.70. The summed E-state index contributed by atoms with van der Waals surface area (Å²) < 4.78 is 25.8. The number of nitrogens with one attached hydrogen (secondary N) is 1. The monoisotopic (exact) mass is 401 g/mol. The molecule has 25 heavy (non-hydrogen) atoms. The van der Waals surface area contributed by atoms with E-state index in [2.05, 4.69) is 10.3 Å². The molecule has 0 bridgehead atoms. The Kier molecular flexibility index (Phi) is 4.81. The summed E-state index contributed by atoms with van der Waals surface area (Å²) in [5, 5.41) is 3.64. The van der Waals surface area contributed by atoms with Crippen LogP contribution >= 0.6 is 34.5 Å². The van der Waals surface area contributed by atoms with E-state index in [-0.39, 0.29) is 36.8 Å². The van der Waals surface area contributed by atoms with Gasteiger partial charge in [0.2, 0.25) is 0 Å². The molecule has 3 N–H and O–H groups in total. The Morgan fingerprint density at radius 3 is 2.56 bits per heavy atom. The first-order chi connectivity index (χ1) is 11.8. The number of nitrogens with zero attached hydrogens (tertiary/aromatic N) is 1. The van der Waals surface area contributed by atoms with Crippen LogP contribution in [-0.4, -0.2) is 10.9 Å². The molecule has 0 aliphatic heterocycles. The fourth-order valence-corrected chi connectivity index (χ4v) is 3.97. The highest BCUT2D eigenvalue weighted by Gasteiger charge is 2.22. The largest absolute Gasteiger partial charge is 0.397 e. The molecule has 3 rings (SSSR count). The number of amides is 1. The van der Waals surface area contributed by atoms with Gasteiger partial charge in [-0.1, -0.05) is 29.3 Å². The standard InChI is InChI=1S/C16H11Cl2F2N3OS/c1-6-5-9(14(19)20)22-16-10(6)11(21)13(25-16)15(24)23-12-7(17)3-2-4-8(12)18/h2-5,14H,21H2,1H3,(H,23,24). The van der Waals surface area contributed by atoms with Crippen molar-refractivity contribution in [3.05, 3.63) is 50.4 Å². The lowest BCUT2D eigenvalue weighted by Gasteiger charge is -2.08. The lowest BCUT2D eigenvalue weighted by molar-refractivity contribution is 0.103. The summed E-state index contributed by atoms with van der Waals surface area (Å²) in [5.41, 5.74) is 6.67. The molecule has 0 atom stereocenters. The Hall–Kier alpha value is -1.96. The third-order valence-corrected chi connectivity index (χ3v) is 5.28. The third kappa shape index (κ3) is 3.27. The molecule has 2 heterocycles. The van der Waals surface area contributed by atoms with E-state index in [0.29, 0.717) is 10.9 Å². The lowest BCUT2D eigenvalue weighted by atomic mass is 10.1. The van der Waals surface area contributed by atoms with Crippen LogP contribution in [0.1, 0.15) is 27.4 Å². The van der Waals surface area contributed by atoms with Crippen molar-refractivity contribution in [3.63, 3.8) is 0 Å². The molecule has 3 aromatic rings. The van der Waals surface area contributed by atoms with Gasteiger partial charge in [0.05, 0.1) is 21.4 Å². The molecule has 0 spiro atoms. The SMILES string of the molecule is Cc1cc(C(F)F)nc2sc(C(=O)Nc3c(Cl)cccc3Cl)c(N)c12. The number of fused-ring (bicyclic) bond motifs is 1.